The molecule has 20 heavy (non-hydrogen) atoms. The van der Waals surface area contributed by atoms with Crippen LogP contribution in [0.2, 0.25) is 0 Å². The molecule has 0 saturated heterocycles. The predicted molar refractivity (Wildman–Crippen MR) is 73.2 cm³/mol. The van der Waals surface area contributed by atoms with Gasteiger partial charge in [-0.1, -0.05) is 0 Å². The van der Waals surface area contributed by atoms with Crippen LogP contribution in [-0.4, -0.2) is 29.3 Å². The zero-order chi connectivity index (χ0) is 14.1. The third-order valence-electron chi connectivity index (χ3n) is 3.16. The summed E-state index contributed by atoms with van der Waals surface area (Å²) < 4.78 is 11.1. The molecule has 0 atom stereocenters. The van der Waals surface area contributed by atoms with E-state index in [4.69, 9.17) is 15.2 Å². The lowest BCUT2D eigenvalue weighted by atomic mass is 10.1. The second-order valence-electron chi connectivity index (χ2n) is 4.51. The fourth-order valence-corrected chi connectivity index (χ4v) is 2.22. The number of nitrogens with one attached hydrogen (secondary N) is 1. The van der Waals surface area contributed by atoms with Crippen molar-refractivity contribution in [2.24, 2.45) is 0 Å². The molecule has 4 N–H and O–H groups in total. The van der Waals surface area contributed by atoms with Crippen molar-refractivity contribution < 1.29 is 19.4 Å². The predicted octanol–water partition coefficient (Wildman–Crippen LogP) is 2.12. The number of ether oxygens (including phenoxy) is 2. The van der Waals surface area contributed by atoms with E-state index in [1.165, 1.54) is 6.20 Å². The number of carbonyl (C=O) groups is 1. The van der Waals surface area contributed by atoms with Gasteiger partial charge in [0.05, 0.1) is 24.6 Å². The maximum absolute atomic E-state index is 11.3. The number of H-pyrrole nitrogens is 1. The topological polar surface area (TPSA) is 97.6 Å². The van der Waals surface area contributed by atoms with Gasteiger partial charge in [-0.2, -0.15) is 0 Å². The Morgan fingerprint density at radius 3 is 2.75 bits per heavy atom. The first-order valence-electron chi connectivity index (χ1n) is 6.27. The Bertz CT molecular complexity index is 663. The van der Waals surface area contributed by atoms with Gasteiger partial charge in [-0.3, -0.25) is 0 Å². The lowest BCUT2D eigenvalue weighted by Gasteiger charge is -2.09. The number of hydrogen-bond donors (Lipinski definition) is 3. The van der Waals surface area contributed by atoms with Crippen LogP contribution < -0.4 is 15.2 Å². The molecule has 0 bridgehead atoms. The smallest absolute Gasteiger partial charge is 0.340 e. The number of aromatic carboxylic acids is 1. The van der Waals surface area contributed by atoms with Crippen molar-refractivity contribution in [1.29, 1.82) is 0 Å². The van der Waals surface area contributed by atoms with Gasteiger partial charge in [-0.25, -0.2) is 4.79 Å². The van der Waals surface area contributed by atoms with Gasteiger partial charge in [0.1, 0.15) is 5.56 Å². The second-order valence-corrected chi connectivity index (χ2v) is 4.51. The molecule has 3 rings (SSSR count). The maximum atomic E-state index is 11.3. The Balaban J connectivity index is 2.07. The third kappa shape index (κ3) is 2.05. The lowest BCUT2D eigenvalue weighted by Crippen LogP contribution is -2.01. The van der Waals surface area contributed by atoms with Crippen molar-refractivity contribution in [3.05, 3.63) is 30.0 Å². The number of nitrogens with two attached hydrogens (primary N) is 1. The van der Waals surface area contributed by atoms with E-state index in [0.29, 0.717) is 36.0 Å². The zero-order valence-corrected chi connectivity index (χ0v) is 10.7. The van der Waals surface area contributed by atoms with Gasteiger partial charge in [0.2, 0.25) is 0 Å². The summed E-state index contributed by atoms with van der Waals surface area (Å²) >= 11 is 0. The Hall–Kier alpha value is -2.63. The first-order chi connectivity index (χ1) is 9.66. The number of carboxylic acid groups (broad SMARTS) is 1. The molecule has 0 fully saturated rings. The number of nitrogen functional groups attached to an aromatic ring is 1. The summed E-state index contributed by atoms with van der Waals surface area (Å²) in [4.78, 5) is 14.2. The average Bonchev–Trinajstić information content (AvgIpc) is 2.67. The quantitative estimate of drug-likeness (QED) is 0.779. The number of carboxylic acids is 1. The average molecular weight is 274 g/mol. The third-order valence-corrected chi connectivity index (χ3v) is 3.16. The molecule has 0 amide bonds. The van der Waals surface area contributed by atoms with E-state index < -0.39 is 5.97 Å². The molecule has 6 heteroatoms. The van der Waals surface area contributed by atoms with Gasteiger partial charge in [0.15, 0.2) is 11.5 Å². The summed E-state index contributed by atoms with van der Waals surface area (Å²) in [5.74, 6) is 0.220. The van der Waals surface area contributed by atoms with Crippen LogP contribution >= 0.6 is 0 Å². The molecule has 1 aliphatic rings. The van der Waals surface area contributed by atoms with Crippen LogP contribution in [0.25, 0.3) is 11.3 Å². The van der Waals surface area contributed by atoms with Crippen LogP contribution in [-0.2, 0) is 0 Å². The van der Waals surface area contributed by atoms with E-state index in [1.54, 1.807) is 18.2 Å². The number of rotatable bonds is 2. The summed E-state index contributed by atoms with van der Waals surface area (Å²) in [6, 6.07) is 5.32. The number of anilines is 1. The fraction of sp³-hybridized carbons (Fsp3) is 0.214. The molecule has 104 valence electrons. The first-order valence-corrected chi connectivity index (χ1v) is 6.27. The highest BCUT2D eigenvalue weighted by Crippen LogP contribution is 2.35. The molecule has 2 aromatic rings. The number of fused-ring (bicyclic) bond motifs is 1. The summed E-state index contributed by atoms with van der Waals surface area (Å²) in [7, 11) is 0. The standard InChI is InChI=1S/C14H14N2O4/c15-9-7-16-13(12(9)14(17)18)8-2-3-10-11(6-8)20-5-1-4-19-10/h2-3,6-7,16H,1,4-5,15H2,(H,17,18). The molecule has 0 spiro atoms. The largest absolute Gasteiger partial charge is 0.490 e. The van der Waals surface area contributed by atoms with E-state index in [1.807, 2.05) is 0 Å². The monoisotopic (exact) mass is 274 g/mol. The van der Waals surface area contributed by atoms with Gasteiger partial charge >= 0.3 is 5.97 Å². The van der Waals surface area contributed by atoms with Crippen LogP contribution in [0.4, 0.5) is 5.69 Å². The van der Waals surface area contributed by atoms with Crippen LogP contribution in [0.15, 0.2) is 24.4 Å². The van der Waals surface area contributed by atoms with Crippen LogP contribution in [0.3, 0.4) is 0 Å². The van der Waals surface area contributed by atoms with Crippen LogP contribution in [0, 0.1) is 0 Å². The highest BCUT2D eigenvalue weighted by atomic mass is 16.5. The normalized spacial score (nSPS) is 13.8. The van der Waals surface area contributed by atoms with Gasteiger partial charge in [0, 0.05) is 18.2 Å². The molecular weight excluding hydrogens is 260 g/mol. The van der Waals surface area contributed by atoms with Crippen molar-refractivity contribution in [3.8, 4) is 22.8 Å². The summed E-state index contributed by atoms with van der Waals surface area (Å²) in [6.45, 7) is 1.19. The molecule has 1 aromatic carbocycles. The molecule has 0 saturated carbocycles. The molecule has 1 aromatic heterocycles. The highest BCUT2D eigenvalue weighted by Gasteiger charge is 2.19. The highest BCUT2D eigenvalue weighted by molar-refractivity contribution is 6.00. The molecule has 0 unspecified atom stereocenters. The molecule has 0 radical (unpaired) electrons. The molecule has 2 heterocycles. The van der Waals surface area contributed by atoms with Gasteiger partial charge in [0.25, 0.3) is 0 Å². The van der Waals surface area contributed by atoms with Crippen molar-refractivity contribution in [2.75, 3.05) is 18.9 Å². The second kappa shape index (κ2) is 4.80. The molecule has 6 nitrogen and oxygen atoms in total. The van der Waals surface area contributed by atoms with Crippen molar-refractivity contribution in [2.45, 2.75) is 6.42 Å². The van der Waals surface area contributed by atoms with Crippen LogP contribution in [0.5, 0.6) is 11.5 Å². The van der Waals surface area contributed by atoms with Crippen molar-refractivity contribution in [3.63, 3.8) is 0 Å². The Morgan fingerprint density at radius 2 is 2.00 bits per heavy atom. The molecule has 1 aliphatic heterocycles. The first kappa shape index (κ1) is 12.4. The SMILES string of the molecule is Nc1c[nH]c(-c2ccc3c(c2)OCCCO3)c1C(=O)O. The van der Waals surface area contributed by atoms with E-state index in [2.05, 4.69) is 4.98 Å². The van der Waals surface area contributed by atoms with Gasteiger partial charge in [-0.15, -0.1) is 0 Å². The number of aromatic nitrogens is 1. The lowest BCUT2D eigenvalue weighted by molar-refractivity contribution is 0.0699. The van der Waals surface area contributed by atoms with Gasteiger partial charge < -0.3 is 25.3 Å². The number of hydrogen-bond acceptors (Lipinski definition) is 4. The van der Waals surface area contributed by atoms with Crippen molar-refractivity contribution in [1.82, 2.24) is 4.98 Å². The Labute approximate surface area is 115 Å². The van der Waals surface area contributed by atoms with Gasteiger partial charge in [-0.05, 0) is 18.2 Å². The minimum absolute atomic E-state index is 0.0690. The van der Waals surface area contributed by atoms with E-state index >= 15 is 0 Å². The molecular formula is C14H14N2O4. The summed E-state index contributed by atoms with van der Waals surface area (Å²) in [6.07, 6.45) is 2.29. The number of aromatic amines is 1. The van der Waals surface area contributed by atoms with Crippen molar-refractivity contribution >= 4 is 11.7 Å². The zero-order valence-electron chi connectivity index (χ0n) is 10.7. The maximum Gasteiger partial charge on any atom is 0.340 e. The van der Waals surface area contributed by atoms with E-state index in [-0.39, 0.29) is 11.3 Å². The minimum atomic E-state index is -1.06. The Morgan fingerprint density at radius 1 is 1.25 bits per heavy atom. The van der Waals surface area contributed by atoms with E-state index in [0.717, 1.165) is 6.42 Å². The Kier molecular flexibility index (Phi) is 2.98. The molecule has 0 aliphatic carbocycles. The summed E-state index contributed by atoms with van der Waals surface area (Å²) in [5, 5.41) is 9.22. The van der Waals surface area contributed by atoms with E-state index in [9.17, 15) is 9.90 Å². The minimum Gasteiger partial charge on any atom is -0.490 e. The summed E-state index contributed by atoms with van der Waals surface area (Å²) in [5.41, 5.74) is 7.11. The fourth-order valence-electron chi connectivity index (χ4n) is 2.22. The van der Waals surface area contributed by atoms with Crippen LogP contribution in [0.1, 0.15) is 16.8 Å². The number of benzene rings is 1.